The Morgan fingerprint density at radius 3 is 2.56 bits per heavy atom. The Hall–Kier alpha value is -2.91. The second-order valence-electron chi connectivity index (χ2n) is 6.43. The Morgan fingerprint density at radius 1 is 1.00 bits per heavy atom. The van der Waals surface area contributed by atoms with E-state index in [1.165, 1.54) is 0 Å². The minimum absolute atomic E-state index is 0.0381. The van der Waals surface area contributed by atoms with Gasteiger partial charge in [0.1, 0.15) is 0 Å². The summed E-state index contributed by atoms with van der Waals surface area (Å²) in [5.41, 5.74) is 12.4. The summed E-state index contributed by atoms with van der Waals surface area (Å²) >= 11 is 6.30. The van der Waals surface area contributed by atoms with Crippen LogP contribution in [0.5, 0.6) is 0 Å². The van der Waals surface area contributed by atoms with Gasteiger partial charge in [0, 0.05) is 27.5 Å². The normalized spacial score (nSPS) is 12.6. The molecule has 0 bridgehead atoms. The van der Waals surface area contributed by atoms with E-state index in [-0.39, 0.29) is 5.78 Å². The summed E-state index contributed by atoms with van der Waals surface area (Å²) in [6.45, 7) is 2.05. The van der Waals surface area contributed by atoms with Crippen LogP contribution in [0.4, 0.5) is 5.69 Å². The van der Waals surface area contributed by atoms with Gasteiger partial charge in [-0.2, -0.15) is 0 Å². The van der Waals surface area contributed by atoms with E-state index in [2.05, 4.69) is 6.07 Å². The van der Waals surface area contributed by atoms with E-state index in [4.69, 9.17) is 22.3 Å². The lowest BCUT2D eigenvalue weighted by Gasteiger charge is -2.22. The van der Waals surface area contributed by atoms with Crippen molar-refractivity contribution in [1.82, 2.24) is 4.98 Å². The number of carbonyl (C=O) groups is 1. The molecule has 1 aromatic heterocycles. The van der Waals surface area contributed by atoms with Gasteiger partial charge in [0.25, 0.3) is 0 Å². The van der Waals surface area contributed by atoms with Gasteiger partial charge in [0.15, 0.2) is 5.78 Å². The highest BCUT2D eigenvalue weighted by Gasteiger charge is 2.29. The summed E-state index contributed by atoms with van der Waals surface area (Å²) in [6.07, 6.45) is 0. The minimum atomic E-state index is -0.0381. The van der Waals surface area contributed by atoms with Crippen LogP contribution in [0.15, 0.2) is 48.5 Å². The van der Waals surface area contributed by atoms with Crippen LogP contribution in [0.1, 0.15) is 21.5 Å². The van der Waals surface area contributed by atoms with Crippen molar-refractivity contribution in [2.24, 2.45) is 0 Å². The van der Waals surface area contributed by atoms with E-state index in [0.717, 1.165) is 33.0 Å². The Morgan fingerprint density at radius 2 is 1.76 bits per heavy atom. The molecule has 0 fully saturated rings. The van der Waals surface area contributed by atoms with Gasteiger partial charge in [-0.3, -0.25) is 4.79 Å². The Kier molecular flexibility index (Phi) is 2.77. The number of rotatable bonds is 0. The average Bonchev–Trinajstić information content (AvgIpc) is 2.62. The third kappa shape index (κ3) is 1.81. The SMILES string of the molecule is Cc1ccc2nc3c(N)c(Cl)cc4c3c(c2c1)-c1ccccc1C4=O. The van der Waals surface area contributed by atoms with Gasteiger partial charge in [-0.05, 0) is 30.7 Å². The fourth-order valence-electron chi connectivity index (χ4n) is 3.73. The fraction of sp³-hybridized carbons (Fsp3) is 0.0476. The summed E-state index contributed by atoms with van der Waals surface area (Å²) < 4.78 is 0. The first kappa shape index (κ1) is 14.4. The highest BCUT2D eigenvalue weighted by Crippen LogP contribution is 2.45. The van der Waals surface area contributed by atoms with E-state index in [1.807, 2.05) is 43.3 Å². The van der Waals surface area contributed by atoms with Crippen LogP contribution in [0.3, 0.4) is 0 Å². The second-order valence-corrected chi connectivity index (χ2v) is 6.83. The molecule has 0 spiro atoms. The maximum Gasteiger partial charge on any atom is 0.194 e. The Labute approximate surface area is 149 Å². The van der Waals surface area contributed by atoms with Crippen molar-refractivity contribution in [3.8, 4) is 11.1 Å². The lowest BCUT2D eigenvalue weighted by molar-refractivity contribution is 0.104. The lowest BCUT2D eigenvalue weighted by Crippen LogP contribution is -2.12. The topological polar surface area (TPSA) is 56.0 Å². The van der Waals surface area contributed by atoms with Crippen LogP contribution in [-0.2, 0) is 0 Å². The molecule has 3 nitrogen and oxygen atoms in total. The number of fused-ring (bicyclic) bond motifs is 4. The standard InChI is InChI=1S/C21H13ClN2O/c1-10-6-7-16-13(8-10)17-11-4-2-3-5-12(11)21(25)14-9-15(22)19(23)20(24-16)18(14)17/h2-9H,23H2,1H3. The van der Waals surface area contributed by atoms with Gasteiger partial charge >= 0.3 is 0 Å². The molecule has 0 unspecified atom stereocenters. The quantitative estimate of drug-likeness (QED) is 0.312. The zero-order valence-electron chi connectivity index (χ0n) is 13.4. The molecule has 25 heavy (non-hydrogen) atoms. The summed E-state index contributed by atoms with van der Waals surface area (Å²) in [6, 6.07) is 15.5. The van der Waals surface area contributed by atoms with E-state index >= 15 is 0 Å². The number of hydrogen-bond acceptors (Lipinski definition) is 3. The number of nitrogen functional groups attached to an aromatic ring is 1. The Balaban J connectivity index is 2.15. The molecule has 0 saturated carbocycles. The van der Waals surface area contributed by atoms with Gasteiger partial charge in [0.05, 0.1) is 21.7 Å². The molecule has 4 aromatic rings. The van der Waals surface area contributed by atoms with Gasteiger partial charge in [-0.1, -0.05) is 47.5 Å². The summed E-state index contributed by atoms with van der Waals surface area (Å²) in [5.74, 6) is -0.0381. The van der Waals surface area contributed by atoms with Crippen LogP contribution in [0.25, 0.3) is 32.9 Å². The first-order chi connectivity index (χ1) is 12.1. The Bertz CT molecular complexity index is 1240. The van der Waals surface area contributed by atoms with Crippen LogP contribution in [0, 0.1) is 6.92 Å². The van der Waals surface area contributed by atoms with Crippen molar-refractivity contribution >= 4 is 44.9 Å². The molecular formula is C21H13ClN2O. The smallest absolute Gasteiger partial charge is 0.194 e. The molecule has 1 aliphatic rings. The van der Waals surface area contributed by atoms with E-state index in [9.17, 15) is 4.79 Å². The van der Waals surface area contributed by atoms with Crippen LogP contribution < -0.4 is 5.73 Å². The van der Waals surface area contributed by atoms with Crippen molar-refractivity contribution < 1.29 is 4.79 Å². The third-order valence-corrected chi connectivity index (χ3v) is 5.19. The molecule has 0 atom stereocenters. The molecule has 0 radical (unpaired) electrons. The molecule has 0 aliphatic heterocycles. The fourth-order valence-corrected chi connectivity index (χ4v) is 3.93. The number of ketones is 1. The molecule has 5 rings (SSSR count). The third-order valence-electron chi connectivity index (χ3n) is 4.88. The number of hydrogen-bond donors (Lipinski definition) is 1. The van der Waals surface area contributed by atoms with E-state index in [1.54, 1.807) is 6.07 Å². The van der Waals surface area contributed by atoms with Gasteiger partial charge in [-0.15, -0.1) is 0 Å². The first-order valence-electron chi connectivity index (χ1n) is 8.02. The largest absolute Gasteiger partial charge is 0.396 e. The van der Waals surface area contributed by atoms with Crippen LogP contribution in [-0.4, -0.2) is 10.8 Å². The predicted molar refractivity (Wildman–Crippen MR) is 102 cm³/mol. The van der Waals surface area contributed by atoms with Gasteiger partial charge in [0.2, 0.25) is 0 Å². The van der Waals surface area contributed by atoms with Crippen molar-refractivity contribution in [3.63, 3.8) is 0 Å². The van der Waals surface area contributed by atoms with E-state index < -0.39 is 0 Å². The highest BCUT2D eigenvalue weighted by atomic mass is 35.5. The predicted octanol–water partition coefficient (Wildman–Crippen LogP) is 5.14. The summed E-state index contributed by atoms with van der Waals surface area (Å²) in [5, 5.41) is 2.18. The number of nitrogens with two attached hydrogens (primary N) is 1. The molecule has 4 heteroatoms. The number of halogens is 1. The first-order valence-corrected chi connectivity index (χ1v) is 8.40. The number of aromatic nitrogens is 1. The number of nitrogens with zero attached hydrogens (tertiary/aromatic N) is 1. The molecule has 1 aliphatic carbocycles. The molecule has 2 N–H and O–H groups in total. The lowest BCUT2D eigenvalue weighted by atomic mass is 9.82. The number of anilines is 1. The van der Waals surface area contributed by atoms with E-state index in [0.29, 0.717) is 27.4 Å². The van der Waals surface area contributed by atoms with Crippen LogP contribution >= 0.6 is 11.6 Å². The maximum atomic E-state index is 13.0. The highest BCUT2D eigenvalue weighted by molar-refractivity contribution is 6.38. The van der Waals surface area contributed by atoms with Gasteiger partial charge in [-0.25, -0.2) is 4.98 Å². The summed E-state index contributed by atoms with van der Waals surface area (Å²) in [4.78, 5) is 17.8. The monoisotopic (exact) mass is 344 g/mol. The molecule has 1 heterocycles. The minimum Gasteiger partial charge on any atom is -0.396 e. The number of aryl methyl sites for hydroxylation is 1. The van der Waals surface area contributed by atoms with Crippen molar-refractivity contribution in [2.45, 2.75) is 6.92 Å². The number of benzene rings is 3. The van der Waals surface area contributed by atoms with Gasteiger partial charge < -0.3 is 5.73 Å². The second kappa shape index (κ2) is 4.80. The van der Waals surface area contributed by atoms with Crippen molar-refractivity contribution in [3.05, 3.63) is 70.2 Å². The number of carbonyl (C=O) groups excluding carboxylic acids is 1. The number of pyridine rings is 1. The molecule has 3 aromatic carbocycles. The molecule has 0 saturated heterocycles. The zero-order chi connectivity index (χ0) is 17.3. The molecule has 120 valence electrons. The van der Waals surface area contributed by atoms with Crippen molar-refractivity contribution in [2.75, 3.05) is 5.73 Å². The summed E-state index contributed by atoms with van der Waals surface area (Å²) in [7, 11) is 0. The van der Waals surface area contributed by atoms with Crippen LogP contribution in [0.2, 0.25) is 5.02 Å². The average molecular weight is 345 g/mol. The maximum absolute atomic E-state index is 13.0. The molecular weight excluding hydrogens is 332 g/mol. The zero-order valence-corrected chi connectivity index (χ0v) is 14.2. The molecule has 0 amide bonds. The van der Waals surface area contributed by atoms with Crippen molar-refractivity contribution in [1.29, 1.82) is 0 Å².